The number of amidine groups is 1. The van der Waals surface area contributed by atoms with Crippen molar-refractivity contribution >= 4 is 34.1 Å². The molecule has 1 aromatic heterocycles. The summed E-state index contributed by atoms with van der Waals surface area (Å²) in [6.07, 6.45) is 0.976. The lowest BCUT2D eigenvalue weighted by Crippen LogP contribution is -2.20. The summed E-state index contributed by atoms with van der Waals surface area (Å²) < 4.78 is 6.06. The van der Waals surface area contributed by atoms with E-state index in [-0.39, 0.29) is 0 Å². The molecule has 104 valence electrons. The number of anilines is 1. The van der Waals surface area contributed by atoms with Gasteiger partial charge in [0.15, 0.2) is 11.6 Å². The van der Waals surface area contributed by atoms with Gasteiger partial charge in [-0.2, -0.15) is 0 Å². The van der Waals surface area contributed by atoms with Crippen LogP contribution in [0.25, 0.3) is 11.0 Å². The number of hydrogen-bond acceptors (Lipinski definition) is 4. The molecule has 2 aromatic rings. The van der Waals surface area contributed by atoms with Gasteiger partial charge in [-0.15, -0.1) is 0 Å². The molecule has 20 heavy (non-hydrogen) atoms. The van der Waals surface area contributed by atoms with Gasteiger partial charge in [-0.05, 0) is 24.5 Å². The first kappa shape index (κ1) is 12.1. The highest BCUT2D eigenvalue weighted by Gasteiger charge is 2.27. The van der Waals surface area contributed by atoms with Crippen LogP contribution in [0, 0.1) is 5.92 Å². The van der Waals surface area contributed by atoms with Crippen molar-refractivity contribution < 1.29 is 4.42 Å². The van der Waals surface area contributed by atoms with Crippen molar-refractivity contribution in [2.75, 3.05) is 25.0 Å². The molecular formula is C15H16ClN3O. The van der Waals surface area contributed by atoms with E-state index in [0.717, 1.165) is 59.3 Å². The second kappa shape index (κ2) is 4.42. The number of halogens is 1. The second-order valence-corrected chi connectivity index (χ2v) is 5.96. The van der Waals surface area contributed by atoms with Gasteiger partial charge < -0.3 is 15.1 Å². The van der Waals surface area contributed by atoms with E-state index in [1.165, 1.54) is 5.56 Å². The van der Waals surface area contributed by atoms with Crippen LogP contribution in [0.2, 0.25) is 5.02 Å². The highest BCUT2D eigenvalue weighted by Crippen LogP contribution is 2.40. The molecule has 0 amide bonds. The summed E-state index contributed by atoms with van der Waals surface area (Å²) in [6.45, 7) is 4.85. The minimum absolute atomic E-state index is 0.528. The van der Waals surface area contributed by atoms with Crippen molar-refractivity contribution in [2.24, 2.45) is 10.9 Å². The molecule has 4 rings (SSSR count). The maximum absolute atomic E-state index is 6.35. The molecule has 5 heteroatoms. The highest BCUT2D eigenvalue weighted by atomic mass is 35.5. The lowest BCUT2D eigenvalue weighted by atomic mass is 9.99. The predicted molar refractivity (Wildman–Crippen MR) is 82.0 cm³/mol. The first-order valence-corrected chi connectivity index (χ1v) is 7.38. The van der Waals surface area contributed by atoms with Crippen LogP contribution in [0.1, 0.15) is 18.2 Å². The Bertz CT molecular complexity index is 719. The molecule has 0 aliphatic carbocycles. The first-order chi connectivity index (χ1) is 9.74. The third-order valence-corrected chi connectivity index (χ3v) is 4.29. The van der Waals surface area contributed by atoms with Crippen molar-refractivity contribution in [3.05, 3.63) is 28.5 Å². The monoisotopic (exact) mass is 289 g/mol. The zero-order chi connectivity index (χ0) is 13.7. The highest BCUT2D eigenvalue weighted by molar-refractivity contribution is 6.35. The summed E-state index contributed by atoms with van der Waals surface area (Å²) in [6, 6.07) is 3.84. The van der Waals surface area contributed by atoms with Crippen LogP contribution in [-0.2, 0) is 6.42 Å². The number of hydrogen-bond donors (Lipinski definition) is 2. The molecule has 3 heterocycles. The molecular weight excluding hydrogens is 274 g/mol. The van der Waals surface area contributed by atoms with Crippen LogP contribution in [0.3, 0.4) is 0 Å². The summed E-state index contributed by atoms with van der Waals surface area (Å²) in [5, 5.41) is 8.63. The minimum Gasteiger partial charge on any atom is -0.452 e. The maximum atomic E-state index is 6.35. The summed E-state index contributed by atoms with van der Waals surface area (Å²) in [7, 11) is 0. The van der Waals surface area contributed by atoms with Gasteiger partial charge in [0.2, 0.25) is 0 Å². The Morgan fingerprint density at radius 1 is 1.35 bits per heavy atom. The molecule has 2 aliphatic heterocycles. The van der Waals surface area contributed by atoms with Crippen molar-refractivity contribution in [1.29, 1.82) is 0 Å². The van der Waals surface area contributed by atoms with E-state index in [0.29, 0.717) is 5.92 Å². The van der Waals surface area contributed by atoms with Crippen LogP contribution in [-0.4, -0.2) is 25.5 Å². The molecule has 2 aliphatic rings. The zero-order valence-electron chi connectivity index (χ0n) is 11.3. The average Bonchev–Trinajstić information content (AvgIpc) is 3.02. The number of nitrogens with zero attached hydrogens (tertiary/aromatic N) is 1. The Morgan fingerprint density at radius 2 is 2.25 bits per heavy atom. The fraction of sp³-hybridized carbons (Fsp3) is 0.400. The van der Waals surface area contributed by atoms with Gasteiger partial charge in [0.25, 0.3) is 0 Å². The number of furan rings is 1. The molecule has 0 saturated heterocycles. The van der Waals surface area contributed by atoms with Gasteiger partial charge in [0.1, 0.15) is 5.58 Å². The molecule has 4 nitrogen and oxygen atoms in total. The van der Waals surface area contributed by atoms with Crippen molar-refractivity contribution in [3.63, 3.8) is 0 Å². The normalized spacial score (nSPS) is 21.3. The lowest BCUT2D eigenvalue weighted by molar-refractivity contribution is 0.573. The number of benzene rings is 1. The topological polar surface area (TPSA) is 49.6 Å². The van der Waals surface area contributed by atoms with E-state index < -0.39 is 0 Å². The Balaban J connectivity index is 2.01. The Kier molecular flexibility index (Phi) is 2.67. The molecule has 0 saturated carbocycles. The third kappa shape index (κ3) is 1.71. The minimum atomic E-state index is 0.528. The lowest BCUT2D eigenvalue weighted by Gasteiger charge is -2.10. The fourth-order valence-corrected chi connectivity index (χ4v) is 3.26. The largest absolute Gasteiger partial charge is 0.452 e. The van der Waals surface area contributed by atoms with Crippen LogP contribution >= 0.6 is 11.6 Å². The maximum Gasteiger partial charge on any atom is 0.173 e. The predicted octanol–water partition coefficient (Wildman–Crippen LogP) is 3.04. The number of aliphatic imine (C=N–C) groups is 1. The van der Waals surface area contributed by atoms with Gasteiger partial charge in [-0.25, -0.2) is 0 Å². The molecule has 1 unspecified atom stereocenters. The van der Waals surface area contributed by atoms with Crippen LogP contribution in [0.15, 0.2) is 21.5 Å². The summed E-state index contributed by atoms with van der Waals surface area (Å²) in [5.74, 6) is 2.30. The van der Waals surface area contributed by atoms with E-state index in [1.54, 1.807) is 0 Å². The van der Waals surface area contributed by atoms with Crippen LogP contribution in [0.5, 0.6) is 0 Å². The van der Waals surface area contributed by atoms with E-state index in [2.05, 4.69) is 22.5 Å². The molecule has 0 bridgehead atoms. The van der Waals surface area contributed by atoms with E-state index in [1.807, 2.05) is 12.1 Å². The quantitative estimate of drug-likeness (QED) is 0.848. The summed E-state index contributed by atoms with van der Waals surface area (Å²) in [4.78, 5) is 4.50. The van der Waals surface area contributed by atoms with Gasteiger partial charge in [0, 0.05) is 24.0 Å². The third-order valence-electron chi connectivity index (χ3n) is 3.97. The molecule has 0 fully saturated rings. The van der Waals surface area contributed by atoms with Crippen LogP contribution < -0.4 is 10.6 Å². The van der Waals surface area contributed by atoms with E-state index in [9.17, 15) is 0 Å². The molecule has 2 N–H and O–H groups in total. The Hall–Kier alpha value is -1.68. The average molecular weight is 290 g/mol. The molecule has 1 atom stereocenters. The van der Waals surface area contributed by atoms with E-state index >= 15 is 0 Å². The van der Waals surface area contributed by atoms with Crippen molar-refractivity contribution in [3.8, 4) is 0 Å². The first-order valence-electron chi connectivity index (χ1n) is 7.00. The summed E-state index contributed by atoms with van der Waals surface area (Å²) in [5.41, 5.74) is 3.10. The second-order valence-electron chi connectivity index (χ2n) is 5.55. The Morgan fingerprint density at radius 3 is 3.05 bits per heavy atom. The van der Waals surface area contributed by atoms with E-state index in [4.69, 9.17) is 16.0 Å². The SMILES string of the molecule is CC1CNc2c(Cl)ccc3oc(C4=NCCN4)c(c23)C1. The van der Waals surface area contributed by atoms with Gasteiger partial charge >= 0.3 is 0 Å². The van der Waals surface area contributed by atoms with Crippen molar-refractivity contribution in [1.82, 2.24) is 5.32 Å². The van der Waals surface area contributed by atoms with Gasteiger partial charge in [-0.1, -0.05) is 18.5 Å². The molecule has 1 aromatic carbocycles. The summed E-state index contributed by atoms with van der Waals surface area (Å²) >= 11 is 6.35. The molecule has 0 radical (unpaired) electrons. The Labute approximate surface area is 122 Å². The number of nitrogens with one attached hydrogen (secondary N) is 2. The smallest absolute Gasteiger partial charge is 0.173 e. The fourth-order valence-electron chi connectivity index (χ4n) is 3.03. The van der Waals surface area contributed by atoms with Crippen LogP contribution in [0.4, 0.5) is 5.69 Å². The standard InChI is InChI=1S/C15H16ClN3O/c1-8-6-9-12-11(3-2-10(16)13(12)19-7-8)20-14(9)15-17-4-5-18-15/h2-3,8,19H,4-7H2,1H3,(H,17,18). The molecule has 0 spiro atoms. The number of rotatable bonds is 1. The van der Waals surface area contributed by atoms with Gasteiger partial charge in [-0.3, -0.25) is 4.99 Å². The van der Waals surface area contributed by atoms with Gasteiger partial charge in [0.05, 0.1) is 17.3 Å². The zero-order valence-corrected chi connectivity index (χ0v) is 12.0. The van der Waals surface area contributed by atoms with Crippen molar-refractivity contribution in [2.45, 2.75) is 13.3 Å².